The molecule has 0 saturated heterocycles. The minimum absolute atomic E-state index is 0.0177. The summed E-state index contributed by atoms with van der Waals surface area (Å²) in [7, 11) is 0. The van der Waals surface area contributed by atoms with Gasteiger partial charge in [-0.3, -0.25) is 9.20 Å². The highest BCUT2D eigenvalue weighted by molar-refractivity contribution is 8.00. The number of amides is 1. The lowest BCUT2D eigenvalue weighted by Crippen LogP contribution is -2.30. The molecular weight excluding hydrogens is 344 g/mol. The number of nitrogens with one attached hydrogen (secondary N) is 1. The fourth-order valence-corrected chi connectivity index (χ4v) is 3.72. The smallest absolute Gasteiger partial charge is 0.233 e. The molecule has 1 atom stereocenters. The largest absolute Gasteiger partial charge is 0.351 e. The summed E-state index contributed by atoms with van der Waals surface area (Å²) < 4.78 is 2.00. The lowest BCUT2D eigenvalue weighted by Gasteiger charge is -2.11. The van der Waals surface area contributed by atoms with Crippen molar-refractivity contribution in [2.75, 3.05) is 0 Å². The summed E-state index contributed by atoms with van der Waals surface area (Å²) >= 11 is 1.42. The summed E-state index contributed by atoms with van der Waals surface area (Å²) in [4.78, 5) is 12.5. The number of carbonyl (C=O) groups is 1. The minimum atomic E-state index is -0.273. The minimum Gasteiger partial charge on any atom is -0.351 e. The number of hydrogen-bond donors (Lipinski definition) is 1. The summed E-state index contributed by atoms with van der Waals surface area (Å²) in [6.45, 7) is 2.41. The third-order valence-electron chi connectivity index (χ3n) is 4.21. The van der Waals surface area contributed by atoms with Crippen molar-refractivity contribution in [2.24, 2.45) is 0 Å². The first-order valence-corrected chi connectivity index (χ1v) is 9.31. The molecule has 6 heteroatoms. The molecule has 2 aromatic heterocycles. The molecule has 0 fully saturated rings. The highest BCUT2D eigenvalue weighted by Crippen LogP contribution is 2.26. The summed E-state index contributed by atoms with van der Waals surface area (Å²) in [5.41, 5.74) is 2.90. The molecule has 1 N–H and O–H groups in total. The van der Waals surface area contributed by atoms with Gasteiger partial charge in [0.05, 0.1) is 10.8 Å². The molecular formula is C20H18N4OS. The van der Waals surface area contributed by atoms with Gasteiger partial charge in [-0.1, -0.05) is 60.3 Å². The molecule has 0 unspecified atom stereocenters. The van der Waals surface area contributed by atoms with Gasteiger partial charge >= 0.3 is 0 Å². The average Bonchev–Trinajstić information content (AvgIpc) is 3.10. The number of benzene rings is 2. The molecule has 4 rings (SSSR count). The molecule has 2 heterocycles. The topological polar surface area (TPSA) is 59.3 Å². The molecule has 1 amide bonds. The fraction of sp³-hybridized carbons (Fsp3) is 0.150. The van der Waals surface area contributed by atoms with Crippen LogP contribution in [0.2, 0.25) is 0 Å². The first kappa shape index (κ1) is 16.6. The van der Waals surface area contributed by atoms with Crippen molar-refractivity contribution in [2.45, 2.75) is 23.9 Å². The molecule has 26 heavy (non-hydrogen) atoms. The Labute approximate surface area is 155 Å². The first-order valence-electron chi connectivity index (χ1n) is 8.43. The monoisotopic (exact) mass is 362 g/mol. The van der Waals surface area contributed by atoms with Crippen LogP contribution in [0.1, 0.15) is 12.5 Å². The number of rotatable bonds is 5. The Hall–Kier alpha value is -2.86. The predicted octanol–water partition coefficient (Wildman–Crippen LogP) is 3.68. The van der Waals surface area contributed by atoms with E-state index in [-0.39, 0.29) is 11.2 Å². The second-order valence-electron chi connectivity index (χ2n) is 6.03. The molecule has 0 bridgehead atoms. The number of aromatic nitrogens is 3. The van der Waals surface area contributed by atoms with Crippen LogP contribution in [-0.4, -0.2) is 25.8 Å². The zero-order valence-electron chi connectivity index (χ0n) is 14.3. The van der Waals surface area contributed by atoms with Gasteiger partial charge in [-0.2, -0.15) is 0 Å². The van der Waals surface area contributed by atoms with Gasteiger partial charge in [-0.05, 0) is 36.1 Å². The van der Waals surface area contributed by atoms with Gasteiger partial charge in [0, 0.05) is 6.54 Å². The van der Waals surface area contributed by atoms with Crippen molar-refractivity contribution in [1.82, 2.24) is 19.9 Å². The van der Waals surface area contributed by atoms with Crippen molar-refractivity contribution in [1.29, 1.82) is 0 Å². The molecule has 130 valence electrons. The first-order chi connectivity index (χ1) is 12.7. The van der Waals surface area contributed by atoms with Crippen LogP contribution >= 0.6 is 11.8 Å². The quantitative estimate of drug-likeness (QED) is 0.550. The van der Waals surface area contributed by atoms with E-state index in [9.17, 15) is 4.79 Å². The summed E-state index contributed by atoms with van der Waals surface area (Å²) in [5.74, 6) is -0.0177. The van der Waals surface area contributed by atoms with E-state index in [4.69, 9.17) is 0 Å². The highest BCUT2D eigenvalue weighted by Gasteiger charge is 2.18. The number of thioether (sulfide) groups is 1. The number of pyridine rings is 1. The SMILES string of the molecule is C[C@H](Sc1nnc2ccc3ccccc3n12)C(=O)NCc1ccccc1. The molecule has 0 saturated carbocycles. The van der Waals surface area contributed by atoms with Gasteiger partial charge in [0.25, 0.3) is 0 Å². The van der Waals surface area contributed by atoms with Gasteiger partial charge in [-0.25, -0.2) is 0 Å². The lowest BCUT2D eigenvalue weighted by molar-refractivity contribution is -0.120. The standard InChI is InChI=1S/C20H18N4OS/c1-14(19(25)21-13-15-7-3-2-4-8-15)26-20-23-22-18-12-11-16-9-5-6-10-17(16)24(18)20/h2-12,14H,13H2,1H3,(H,21,25)/t14-/m0/s1. The number of carbonyl (C=O) groups excluding carboxylic acids is 1. The van der Waals surface area contributed by atoms with Crippen LogP contribution in [0.4, 0.5) is 0 Å². The maximum atomic E-state index is 12.5. The zero-order valence-corrected chi connectivity index (χ0v) is 15.1. The number of nitrogens with zero attached hydrogens (tertiary/aromatic N) is 3. The molecule has 0 aliphatic carbocycles. The molecule has 4 aromatic rings. The van der Waals surface area contributed by atoms with E-state index in [1.807, 2.05) is 72.0 Å². The van der Waals surface area contributed by atoms with Gasteiger partial charge in [-0.15, -0.1) is 10.2 Å². The van der Waals surface area contributed by atoms with Gasteiger partial charge in [0.2, 0.25) is 5.91 Å². The normalized spacial score (nSPS) is 12.3. The van der Waals surface area contributed by atoms with Gasteiger partial charge < -0.3 is 5.32 Å². The lowest BCUT2D eigenvalue weighted by atomic mass is 10.2. The highest BCUT2D eigenvalue weighted by atomic mass is 32.2. The second-order valence-corrected chi connectivity index (χ2v) is 7.34. The van der Waals surface area contributed by atoms with E-state index in [2.05, 4.69) is 21.6 Å². The van der Waals surface area contributed by atoms with E-state index in [1.165, 1.54) is 11.8 Å². The van der Waals surface area contributed by atoms with Crippen LogP contribution in [0.5, 0.6) is 0 Å². The van der Waals surface area contributed by atoms with Crippen molar-refractivity contribution >= 4 is 34.2 Å². The molecule has 2 aromatic carbocycles. The number of para-hydroxylation sites is 1. The average molecular weight is 362 g/mol. The Morgan fingerprint density at radius 1 is 1.04 bits per heavy atom. The molecule has 5 nitrogen and oxygen atoms in total. The van der Waals surface area contributed by atoms with Gasteiger partial charge in [0.15, 0.2) is 10.8 Å². The Bertz CT molecular complexity index is 1060. The third-order valence-corrected chi connectivity index (χ3v) is 5.25. The molecule has 0 spiro atoms. The Kier molecular flexibility index (Phi) is 4.58. The van der Waals surface area contributed by atoms with Crippen molar-refractivity contribution in [3.63, 3.8) is 0 Å². The van der Waals surface area contributed by atoms with E-state index in [1.54, 1.807) is 0 Å². The summed E-state index contributed by atoms with van der Waals surface area (Å²) in [6.07, 6.45) is 0. The maximum absolute atomic E-state index is 12.5. The Morgan fingerprint density at radius 2 is 1.81 bits per heavy atom. The zero-order chi connectivity index (χ0) is 17.9. The van der Waals surface area contributed by atoms with Crippen molar-refractivity contribution < 1.29 is 4.79 Å². The second kappa shape index (κ2) is 7.17. The molecule has 0 aliphatic rings. The molecule has 0 radical (unpaired) electrons. The van der Waals surface area contributed by atoms with Crippen LogP contribution in [0, 0.1) is 0 Å². The van der Waals surface area contributed by atoms with Crippen LogP contribution < -0.4 is 5.32 Å². The van der Waals surface area contributed by atoms with Crippen LogP contribution in [0.3, 0.4) is 0 Å². The molecule has 0 aliphatic heterocycles. The summed E-state index contributed by atoms with van der Waals surface area (Å²) in [6, 6.07) is 22.0. The van der Waals surface area contributed by atoms with Crippen molar-refractivity contribution in [3.05, 3.63) is 72.3 Å². The Balaban J connectivity index is 1.53. The summed E-state index contributed by atoms with van der Waals surface area (Å²) in [5, 5.41) is 13.1. The fourth-order valence-electron chi connectivity index (χ4n) is 2.83. The van der Waals surface area contributed by atoms with Crippen LogP contribution in [0.25, 0.3) is 16.6 Å². The predicted molar refractivity (Wildman–Crippen MR) is 104 cm³/mol. The third kappa shape index (κ3) is 3.28. The van der Waals surface area contributed by atoms with Crippen LogP contribution in [0.15, 0.2) is 71.9 Å². The maximum Gasteiger partial charge on any atom is 0.233 e. The van der Waals surface area contributed by atoms with Crippen LogP contribution in [-0.2, 0) is 11.3 Å². The van der Waals surface area contributed by atoms with E-state index < -0.39 is 0 Å². The number of fused-ring (bicyclic) bond motifs is 3. The van der Waals surface area contributed by atoms with Crippen molar-refractivity contribution in [3.8, 4) is 0 Å². The van der Waals surface area contributed by atoms with E-state index in [0.717, 1.165) is 27.3 Å². The Morgan fingerprint density at radius 3 is 2.65 bits per heavy atom. The van der Waals surface area contributed by atoms with E-state index in [0.29, 0.717) is 6.54 Å². The van der Waals surface area contributed by atoms with Gasteiger partial charge in [0.1, 0.15) is 0 Å². The number of hydrogen-bond acceptors (Lipinski definition) is 4. The van der Waals surface area contributed by atoms with E-state index >= 15 is 0 Å².